The van der Waals surface area contributed by atoms with Crippen LogP contribution in [0.4, 0.5) is 0 Å². The fourth-order valence-electron chi connectivity index (χ4n) is 18.1. The van der Waals surface area contributed by atoms with Crippen LogP contribution in [0.2, 0.25) is 0 Å². The van der Waals surface area contributed by atoms with E-state index in [0.29, 0.717) is 11.6 Å². The summed E-state index contributed by atoms with van der Waals surface area (Å²) < 4.78 is 0. The van der Waals surface area contributed by atoms with Crippen LogP contribution in [-0.2, 0) is 0 Å². The lowest BCUT2D eigenvalue weighted by atomic mass is 9.91. The first-order valence-electron chi connectivity index (χ1n) is 42.6. The highest BCUT2D eigenvalue weighted by Crippen LogP contribution is 2.43. The molecule has 0 spiro atoms. The van der Waals surface area contributed by atoms with Gasteiger partial charge in [0.2, 0.25) is 0 Å². The summed E-state index contributed by atoms with van der Waals surface area (Å²) in [5.74, 6) is 2.04. The standard InChI is InChI=1S/2C40H26N2.C39H25N3/c1-2-10-27(11-3-1)28-12-8-14-31(22-28)39-25-40(42-26-41-39)32-15-9-13-29(23-32)30-20-21-37-35-18-5-4-16-33(35)34-17-6-7-19-36(34)38(37)24-30;1-2-10-27(11-3-1)28-12-8-14-31(24-28)39-22-23-41-40(42-39)32-15-9-13-29(25-32)30-20-21-37-35-18-5-4-16-33(35)34-17-6-7-19-36(34)38(37)26-30;1-2-10-26(11-3-1)27-12-8-14-30(22-27)38-40-25-41-39(42-38)31-15-9-13-28(23-31)29-20-21-36-34-18-5-4-16-32(34)33-17-6-7-19-35(33)37(36)24-29/h2*1-26H;1-25H. The van der Waals surface area contributed by atoms with Crippen molar-refractivity contribution in [2.45, 2.75) is 0 Å². The molecule has 24 rings (SSSR count). The van der Waals surface area contributed by atoms with E-state index in [2.05, 4.69) is 437 Å². The molecular weight excluding hydrogens is 1530 g/mol. The predicted molar refractivity (Wildman–Crippen MR) is 527 cm³/mol. The summed E-state index contributed by atoms with van der Waals surface area (Å²) in [5, 5.41) is 23.0. The van der Waals surface area contributed by atoms with Crippen LogP contribution in [0.15, 0.2) is 468 Å². The summed E-state index contributed by atoms with van der Waals surface area (Å²) in [4.78, 5) is 32.9. The molecule has 7 nitrogen and oxygen atoms in total. The number of aromatic nitrogens is 7. The van der Waals surface area contributed by atoms with Crippen LogP contribution in [0.3, 0.4) is 0 Å². The van der Waals surface area contributed by atoms with Gasteiger partial charge in [-0.3, -0.25) is 0 Å². The average Bonchev–Trinajstić information content (AvgIpc) is 0.749. The van der Waals surface area contributed by atoms with Crippen LogP contribution in [-0.4, -0.2) is 34.9 Å². The third-order valence-electron chi connectivity index (χ3n) is 24.3. The first-order valence-corrected chi connectivity index (χ1v) is 42.6. The quantitative estimate of drug-likeness (QED) is 0.113. The van der Waals surface area contributed by atoms with E-state index in [1.54, 1.807) is 12.7 Å². The van der Waals surface area contributed by atoms with E-state index in [9.17, 15) is 0 Å². The maximum Gasteiger partial charge on any atom is 0.163 e. The molecule has 0 atom stereocenters. The van der Waals surface area contributed by atoms with Gasteiger partial charge in [0.05, 0.1) is 17.1 Å². The van der Waals surface area contributed by atoms with Crippen molar-refractivity contribution >= 4 is 97.0 Å². The van der Waals surface area contributed by atoms with Gasteiger partial charge in [0, 0.05) is 39.6 Å². The summed E-state index contributed by atoms with van der Waals surface area (Å²) in [7, 11) is 0. The Morgan fingerprint density at radius 2 is 0.325 bits per heavy atom. The summed E-state index contributed by atoms with van der Waals surface area (Å²) >= 11 is 0. The number of rotatable bonds is 12. The van der Waals surface area contributed by atoms with Crippen LogP contribution >= 0.6 is 0 Å². The molecule has 0 aliphatic heterocycles. The van der Waals surface area contributed by atoms with Crippen molar-refractivity contribution in [3.8, 4) is 135 Å². The molecule has 0 aliphatic rings. The Balaban J connectivity index is 0.000000112. The molecule has 0 saturated carbocycles. The van der Waals surface area contributed by atoms with Crippen molar-refractivity contribution in [3.05, 3.63) is 468 Å². The van der Waals surface area contributed by atoms with Crippen LogP contribution in [0.5, 0.6) is 0 Å². The smallest absolute Gasteiger partial charge is 0.163 e. The lowest BCUT2D eigenvalue weighted by molar-refractivity contribution is 1.07. The SMILES string of the molecule is c1ccc(-c2cccc(-c3cc(-c4cccc(-c5ccc6c7ccccc7c7ccccc7c6c5)c4)ncn3)c2)cc1.c1ccc(-c2cccc(-c3ccnc(-c4cccc(-c5ccc6c7ccccc7c7ccccc7c6c5)c4)n3)c2)cc1.c1ccc(-c2cccc(-c3ncnc(-c4cccc(-c5ccc6c7ccccc7c7ccccc7c6c5)c4)n3)c2)cc1. The second-order valence-corrected chi connectivity index (χ2v) is 31.8. The molecule has 126 heavy (non-hydrogen) atoms. The molecule has 0 fully saturated rings. The number of benzene rings is 21. The molecule has 0 saturated heterocycles. The molecular formula is C119H77N7. The second-order valence-electron chi connectivity index (χ2n) is 31.8. The summed E-state index contributed by atoms with van der Waals surface area (Å²) in [5.41, 5.74) is 22.8. The van der Waals surface area contributed by atoms with Gasteiger partial charge in [-0.1, -0.05) is 382 Å². The highest BCUT2D eigenvalue weighted by atomic mass is 15.0. The highest BCUT2D eigenvalue weighted by Gasteiger charge is 2.18. The zero-order chi connectivity index (χ0) is 83.6. The molecule has 0 bridgehead atoms. The molecule has 0 N–H and O–H groups in total. The van der Waals surface area contributed by atoms with Crippen molar-refractivity contribution in [1.82, 2.24) is 34.9 Å². The van der Waals surface area contributed by atoms with Gasteiger partial charge >= 0.3 is 0 Å². The first-order chi connectivity index (χ1) is 62.4. The van der Waals surface area contributed by atoms with Gasteiger partial charge in [-0.2, -0.15) is 0 Å². The topological polar surface area (TPSA) is 90.2 Å². The monoisotopic (exact) mass is 1600 g/mol. The predicted octanol–water partition coefficient (Wildman–Crippen LogP) is 31.2. The lowest BCUT2D eigenvalue weighted by Crippen LogP contribution is -1.95. The first kappa shape index (κ1) is 75.3. The molecule has 0 amide bonds. The minimum atomic E-state index is 0.657. The Labute approximate surface area is 729 Å². The van der Waals surface area contributed by atoms with E-state index in [1.165, 1.54) is 130 Å². The van der Waals surface area contributed by atoms with Crippen LogP contribution in [0.25, 0.3) is 232 Å². The Bertz CT molecular complexity index is 7420. The fourth-order valence-corrected chi connectivity index (χ4v) is 18.1. The molecule has 0 unspecified atom stereocenters. The molecule has 588 valence electrons. The summed E-state index contributed by atoms with van der Waals surface area (Å²) in [6, 6.07) is 159. The van der Waals surface area contributed by atoms with Gasteiger partial charge in [0.15, 0.2) is 17.5 Å². The Hall–Kier alpha value is -16.9. The minimum Gasteiger partial charge on any atom is -0.237 e. The van der Waals surface area contributed by atoms with E-state index >= 15 is 0 Å². The third-order valence-corrected chi connectivity index (χ3v) is 24.3. The fraction of sp³-hybridized carbons (Fsp3) is 0. The third kappa shape index (κ3) is 14.7. The molecule has 24 aromatic rings. The Morgan fingerprint density at radius 3 is 0.635 bits per heavy atom. The molecule has 3 aromatic heterocycles. The molecule has 0 aliphatic carbocycles. The molecule has 0 radical (unpaired) electrons. The van der Waals surface area contributed by atoms with Gasteiger partial charge in [0.25, 0.3) is 0 Å². The normalized spacial score (nSPS) is 11.3. The maximum atomic E-state index is 5.00. The molecule has 3 heterocycles. The van der Waals surface area contributed by atoms with Gasteiger partial charge in [-0.05, 0) is 230 Å². The maximum absolute atomic E-state index is 5.00. The average molecular weight is 1600 g/mol. The van der Waals surface area contributed by atoms with Crippen molar-refractivity contribution in [2.24, 2.45) is 0 Å². The van der Waals surface area contributed by atoms with E-state index in [1.807, 2.05) is 42.6 Å². The summed E-state index contributed by atoms with van der Waals surface area (Å²) in [6.07, 6.45) is 5.12. The van der Waals surface area contributed by atoms with Gasteiger partial charge in [0.1, 0.15) is 12.7 Å². The zero-order valence-corrected chi connectivity index (χ0v) is 68.6. The van der Waals surface area contributed by atoms with Crippen LogP contribution in [0.1, 0.15) is 0 Å². The molecule has 21 aromatic carbocycles. The zero-order valence-electron chi connectivity index (χ0n) is 68.6. The van der Waals surface area contributed by atoms with Crippen molar-refractivity contribution in [2.75, 3.05) is 0 Å². The van der Waals surface area contributed by atoms with Crippen molar-refractivity contribution in [1.29, 1.82) is 0 Å². The van der Waals surface area contributed by atoms with Crippen molar-refractivity contribution in [3.63, 3.8) is 0 Å². The van der Waals surface area contributed by atoms with Gasteiger partial charge in [-0.15, -0.1) is 0 Å². The minimum absolute atomic E-state index is 0.657. The Morgan fingerprint density at radius 1 is 0.111 bits per heavy atom. The number of nitrogens with zero attached hydrogens (tertiary/aromatic N) is 7. The summed E-state index contributed by atoms with van der Waals surface area (Å²) in [6.45, 7) is 0. The lowest BCUT2D eigenvalue weighted by Gasteiger charge is -2.12. The second kappa shape index (κ2) is 33.3. The number of hydrogen-bond donors (Lipinski definition) is 0. The van der Waals surface area contributed by atoms with Crippen molar-refractivity contribution < 1.29 is 0 Å². The largest absolute Gasteiger partial charge is 0.237 e. The number of fused-ring (bicyclic) bond motifs is 18. The van der Waals surface area contributed by atoms with E-state index < -0.39 is 0 Å². The van der Waals surface area contributed by atoms with Crippen LogP contribution < -0.4 is 0 Å². The van der Waals surface area contributed by atoms with Gasteiger partial charge < -0.3 is 0 Å². The van der Waals surface area contributed by atoms with Crippen LogP contribution in [0, 0.1) is 0 Å². The number of hydrogen-bond acceptors (Lipinski definition) is 7. The van der Waals surface area contributed by atoms with Gasteiger partial charge in [-0.25, -0.2) is 34.9 Å². The Kier molecular flexibility index (Phi) is 19.9. The van der Waals surface area contributed by atoms with E-state index in [0.717, 1.165) is 89.7 Å². The highest BCUT2D eigenvalue weighted by molar-refractivity contribution is 6.28. The molecule has 7 heteroatoms. The van der Waals surface area contributed by atoms with E-state index in [4.69, 9.17) is 9.97 Å². The van der Waals surface area contributed by atoms with E-state index in [-0.39, 0.29) is 0 Å².